The Kier molecular flexibility index (Phi) is 3.74. The van der Waals surface area contributed by atoms with Crippen LogP contribution in [0.2, 0.25) is 5.02 Å². The van der Waals surface area contributed by atoms with Crippen LogP contribution in [0.1, 0.15) is 31.6 Å². The number of pyridine rings is 1. The van der Waals surface area contributed by atoms with Gasteiger partial charge in [0.1, 0.15) is 17.6 Å². The van der Waals surface area contributed by atoms with Crippen LogP contribution in [0.3, 0.4) is 0 Å². The van der Waals surface area contributed by atoms with Crippen molar-refractivity contribution in [3.05, 3.63) is 64.9 Å². The summed E-state index contributed by atoms with van der Waals surface area (Å²) in [5.41, 5.74) is -3.59. The van der Waals surface area contributed by atoms with Crippen LogP contribution in [-0.4, -0.2) is 42.9 Å². The molecule has 0 saturated carbocycles. The summed E-state index contributed by atoms with van der Waals surface area (Å²) in [5.74, 6) is -3.81. The first-order chi connectivity index (χ1) is 21.4. The van der Waals surface area contributed by atoms with E-state index >= 15 is 0 Å². The van der Waals surface area contributed by atoms with Crippen LogP contribution in [-0.2, 0) is 4.79 Å². The molecule has 1 amide bonds. The van der Waals surface area contributed by atoms with Gasteiger partial charge in [-0.3, -0.25) is 9.78 Å². The molecule has 0 fully saturated rings. The fourth-order valence-electron chi connectivity index (χ4n) is 2.39. The zero-order valence-electron chi connectivity index (χ0n) is 31.0. The molecular weight excluding hydrogens is 445 g/mol. The summed E-state index contributed by atoms with van der Waals surface area (Å²) in [5, 5.41) is 12.8. The van der Waals surface area contributed by atoms with Gasteiger partial charge in [0.05, 0.1) is 46.4 Å². The topological polar surface area (TPSA) is 90.3 Å². The summed E-state index contributed by atoms with van der Waals surface area (Å²) in [6.07, 6.45) is -0.419. The van der Waals surface area contributed by atoms with Crippen LogP contribution >= 0.6 is 11.6 Å². The molecule has 3 rings (SSSR count). The van der Waals surface area contributed by atoms with Crippen LogP contribution < -0.4 is 15.4 Å². The van der Waals surface area contributed by atoms with Crippen LogP contribution in [0, 0.1) is 17.1 Å². The lowest BCUT2D eigenvalue weighted by Gasteiger charge is -2.16. The normalized spacial score (nSPS) is 18.7. The van der Waals surface area contributed by atoms with Crippen molar-refractivity contribution in [3.8, 4) is 11.8 Å². The van der Waals surface area contributed by atoms with E-state index in [-0.39, 0.29) is 0 Å². The lowest BCUT2D eigenvalue weighted by Crippen LogP contribution is -2.13. The molecule has 3 aromatic rings. The molecule has 0 aliphatic rings. The zero-order valence-corrected chi connectivity index (χ0v) is 17.7. The monoisotopic (exact) mass is 481 g/mol. The van der Waals surface area contributed by atoms with Gasteiger partial charge in [-0.1, -0.05) is 17.7 Å². The molecule has 0 radical (unpaired) electrons. The Balaban J connectivity index is 2.48. The number of nitriles is 1. The van der Waals surface area contributed by atoms with E-state index < -0.39 is 118 Å². The highest BCUT2D eigenvalue weighted by Crippen LogP contribution is 2.36. The molecule has 170 valence electrons. The van der Waals surface area contributed by atoms with Crippen LogP contribution in [0.4, 0.5) is 21.5 Å². The van der Waals surface area contributed by atoms with E-state index in [1.807, 2.05) is 0 Å². The number of carbonyl (C=O) groups is 1. The Hall–Kier alpha value is -3.67. The highest BCUT2D eigenvalue weighted by atomic mass is 35.5. The standard InChI is InChI=1S/C24H23ClFN5O2/c1-4-33-22-12-20-17(11-21(22)30-23(32)6-5-9-31(2)3)24(15(13-27)14-28-20)29-16-7-8-19(26)18(25)10-16/h5-8,10-12,14H,4,9H2,1-3H3,(H,28,29)(H,30,32)/b6-5+/i1D3,4D2,5D,7D,8D,9D2,10D,11D,12D,14D. The molecule has 0 unspecified atom stereocenters. The minimum Gasteiger partial charge on any atom is -0.492 e. The van der Waals surface area contributed by atoms with Gasteiger partial charge >= 0.3 is 0 Å². The second-order valence-electron chi connectivity index (χ2n) is 6.25. The molecule has 0 bridgehead atoms. The first-order valence-corrected chi connectivity index (χ1v) is 9.23. The van der Waals surface area contributed by atoms with E-state index in [1.54, 1.807) is 6.07 Å². The molecule has 0 aliphatic carbocycles. The second-order valence-corrected chi connectivity index (χ2v) is 6.63. The maximum atomic E-state index is 14.3. The number of benzene rings is 2. The molecule has 9 heteroatoms. The summed E-state index contributed by atoms with van der Waals surface area (Å²) in [4.78, 5) is 17.8. The summed E-state index contributed by atoms with van der Waals surface area (Å²) >= 11 is 5.82. The predicted molar refractivity (Wildman–Crippen MR) is 129 cm³/mol. The SMILES string of the molecule is [2H]/C(=C\C(=O)Nc1c(OC([2H])([2H])C([2H])([2H])[2H])c([2H])c2nc([2H])c(C#N)c(Nc3c([2H])c([2H])c(F)c(Cl)c3[2H])c2c1[2H])C([2H])([2H])N(C)C. The van der Waals surface area contributed by atoms with E-state index in [4.69, 9.17) is 35.5 Å². The second kappa shape index (κ2) is 10.8. The molecule has 1 aromatic heterocycles. The van der Waals surface area contributed by atoms with Crippen LogP contribution in [0.5, 0.6) is 5.75 Å². The fraction of sp³-hybridized carbons (Fsp3) is 0.208. The Morgan fingerprint density at radius 3 is 3.03 bits per heavy atom. The average molecular weight is 482 g/mol. The highest BCUT2D eigenvalue weighted by Gasteiger charge is 2.15. The van der Waals surface area contributed by atoms with Gasteiger partial charge in [0.25, 0.3) is 0 Å². The van der Waals surface area contributed by atoms with Crippen molar-refractivity contribution in [2.75, 3.05) is 37.8 Å². The summed E-state index contributed by atoms with van der Waals surface area (Å²) in [7, 11) is 2.55. The Morgan fingerprint density at radius 1 is 1.48 bits per heavy atom. The largest absolute Gasteiger partial charge is 0.492 e. The molecule has 33 heavy (non-hydrogen) atoms. The van der Waals surface area contributed by atoms with E-state index in [0.717, 1.165) is 4.90 Å². The van der Waals surface area contributed by atoms with E-state index in [0.29, 0.717) is 6.08 Å². The molecule has 0 atom stereocenters. The minimum absolute atomic E-state index is 0.454. The number of likely N-dealkylation sites (N-methyl/N-ethyl adjacent to an activating group) is 1. The lowest BCUT2D eigenvalue weighted by molar-refractivity contribution is -0.111. The quantitative estimate of drug-likeness (QED) is 0.435. The van der Waals surface area contributed by atoms with E-state index in [2.05, 4.69) is 15.6 Å². The summed E-state index contributed by atoms with van der Waals surface area (Å²) in [6, 6.07) is -4.11. The van der Waals surface area contributed by atoms with E-state index in [1.165, 1.54) is 14.1 Å². The molecule has 0 aliphatic heterocycles. The highest BCUT2D eigenvalue weighted by molar-refractivity contribution is 6.31. The van der Waals surface area contributed by atoms with Gasteiger partial charge in [-0.15, -0.1) is 0 Å². The van der Waals surface area contributed by atoms with Gasteiger partial charge in [0.15, 0.2) is 0 Å². The fourth-order valence-corrected chi connectivity index (χ4v) is 2.54. The van der Waals surface area contributed by atoms with Crippen molar-refractivity contribution in [1.29, 1.82) is 5.26 Å². The number of anilines is 3. The smallest absolute Gasteiger partial charge is 0.248 e. The number of fused-ring (bicyclic) bond motifs is 1. The number of carbonyl (C=O) groups excluding carboxylic acids is 1. The van der Waals surface area contributed by atoms with Crippen molar-refractivity contribution in [3.63, 3.8) is 0 Å². The van der Waals surface area contributed by atoms with Crippen LogP contribution in [0.15, 0.2) is 48.5 Å². The van der Waals surface area contributed by atoms with E-state index in [9.17, 15) is 14.4 Å². The van der Waals surface area contributed by atoms with Gasteiger partial charge in [-0.25, -0.2) is 4.39 Å². The molecular formula is C24H23ClFN5O2. The molecule has 0 spiro atoms. The number of rotatable bonds is 8. The van der Waals surface area contributed by atoms with Crippen LogP contribution in [0.25, 0.3) is 10.9 Å². The first-order valence-electron chi connectivity index (χ1n) is 15.9. The summed E-state index contributed by atoms with van der Waals surface area (Å²) < 4.78 is 132. The number of amides is 1. The number of halogens is 2. The lowest BCUT2D eigenvalue weighted by atomic mass is 10.1. The number of nitrogens with one attached hydrogen (secondary N) is 2. The Morgan fingerprint density at radius 2 is 2.30 bits per heavy atom. The van der Waals surface area contributed by atoms with Gasteiger partial charge in [-0.05, 0) is 45.1 Å². The number of hydrogen-bond donors (Lipinski definition) is 2. The summed E-state index contributed by atoms with van der Waals surface area (Å²) in [6.45, 7) is -9.54. The minimum atomic E-state index is -3.56. The van der Waals surface area contributed by atoms with Crippen molar-refractivity contribution in [2.45, 2.75) is 6.85 Å². The molecule has 2 N–H and O–H groups in total. The zero-order chi connectivity index (χ0) is 36.1. The number of hydrogen-bond acceptors (Lipinski definition) is 6. The third-order valence-corrected chi connectivity index (χ3v) is 3.96. The maximum Gasteiger partial charge on any atom is 0.248 e. The predicted octanol–water partition coefficient (Wildman–Crippen LogP) is 5.10. The van der Waals surface area contributed by atoms with Crippen molar-refractivity contribution >= 4 is 45.5 Å². The Bertz CT molecular complexity index is 1850. The van der Waals surface area contributed by atoms with Gasteiger partial charge in [0.2, 0.25) is 5.91 Å². The number of ether oxygens (including phenoxy) is 1. The van der Waals surface area contributed by atoms with Gasteiger partial charge < -0.3 is 20.3 Å². The van der Waals surface area contributed by atoms with Gasteiger partial charge in [-0.2, -0.15) is 5.26 Å². The third-order valence-electron chi connectivity index (χ3n) is 3.70. The third kappa shape index (κ3) is 5.98. The molecule has 7 nitrogen and oxygen atoms in total. The van der Waals surface area contributed by atoms with Gasteiger partial charge in [0, 0.05) is 42.7 Å². The first kappa shape index (κ1) is 11.5. The average Bonchev–Trinajstić information content (AvgIpc) is 2.96. The van der Waals surface area contributed by atoms with Crippen molar-refractivity contribution < 1.29 is 33.1 Å². The molecule has 1 heterocycles. The molecule has 2 aromatic carbocycles. The number of aromatic nitrogens is 1. The van der Waals surface area contributed by atoms with Crippen molar-refractivity contribution in [2.24, 2.45) is 0 Å². The maximum absolute atomic E-state index is 14.3. The Labute approximate surface area is 216 Å². The molecule has 0 saturated heterocycles. The van der Waals surface area contributed by atoms with Crippen molar-refractivity contribution in [1.82, 2.24) is 9.88 Å². The number of nitrogens with zero attached hydrogens (tertiary/aromatic N) is 3.